The Bertz CT molecular complexity index is 656. The Hall–Kier alpha value is -2.56. The second-order valence-electron chi connectivity index (χ2n) is 4.32. The van der Waals surface area contributed by atoms with Gasteiger partial charge in [0.1, 0.15) is 5.75 Å². The highest BCUT2D eigenvalue weighted by Gasteiger charge is 2.12. The number of phenols is 1. The lowest BCUT2D eigenvalue weighted by atomic mass is 10.1. The van der Waals surface area contributed by atoms with Gasteiger partial charge in [-0.2, -0.15) is 0 Å². The molecule has 2 aromatic carbocycles. The summed E-state index contributed by atoms with van der Waals surface area (Å²) in [5.74, 6) is -1.09. The average molecular weight is 275 g/mol. The molecule has 0 fully saturated rings. The van der Waals surface area contributed by atoms with Crippen LogP contribution in [-0.4, -0.2) is 18.1 Å². The summed E-state index contributed by atoms with van der Waals surface area (Å²) in [6.07, 6.45) is 0. The highest BCUT2D eigenvalue weighted by molar-refractivity contribution is 6.06. The Morgan fingerprint density at radius 3 is 2.60 bits per heavy atom. The Kier molecular flexibility index (Phi) is 3.89. The van der Waals surface area contributed by atoms with Gasteiger partial charge in [-0.3, -0.25) is 4.79 Å². The highest BCUT2D eigenvalue weighted by Crippen LogP contribution is 2.23. The van der Waals surface area contributed by atoms with Crippen LogP contribution in [-0.2, 0) is 0 Å². The smallest absolute Gasteiger partial charge is 0.259 e. The lowest BCUT2D eigenvalue weighted by Gasteiger charge is -2.09. The quantitative estimate of drug-likeness (QED) is 0.905. The number of aromatic hydroxyl groups is 1. The fourth-order valence-electron chi connectivity index (χ4n) is 1.78. The molecule has 0 spiro atoms. The van der Waals surface area contributed by atoms with Gasteiger partial charge in [-0.1, -0.05) is 6.07 Å². The first-order valence-electron chi connectivity index (χ1n) is 5.96. The van der Waals surface area contributed by atoms with Crippen LogP contribution in [0.3, 0.4) is 0 Å². The van der Waals surface area contributed by atoms with Crippen molar-refractivity contribution in [1.29, 1.82) is 0 Å². The normalized spacial score (nSPS) is 10.2. The molecule has 0 atom stereocenters. The minimum Gasteiger partial charge on any atom is -0.507 e. The van der Waals surface area contributed by atoms with E-state index in [9.17, 15) is 14.3 Å². The standard InChI is InChI=1S/C15H14FNO3/c1-9-3-5-11(13(18)7-9)15(19)17-10-4-6-14(20-2)12(16)8-10/h3-8,18H,1-2H3,(H,17,19). The topological polar surface area (TPSA) is 58.6 Å². The van der Waals surface area contributed by atoms with Gasteiger partial charge in [0.05, 0.1) is 12.7 Å². The molecule has 0 bridgehead atoms. The minimum absolute atomic E-state index is 0.0983. The number of benzene rings is 2. The van der Waals surface area contributed by atoms with Gasteiger partial charge in [0, 0.05) is 11.8 Å². The zero-order valence-corrected chi connectivity index (χ0v) is 11.1. The van der Waals surface area contributed by atoms with Gasteiger partial charge < -0.3 is 15.2 Å². The fraction of sp³-hybridized carbons (Fsp3) is 0.133. The molecule has 0 aliphatic rings. The molecule has 0 heterocycles. The number of ether oxygens (including phenoxy) is 1. The van der Waals surface area contributed by atoms with Crippen LogP contribution in [0.2, 0.25) is 0 Å². The molecule has 0 aromatic heterocycles. The summed E-state index contributed by atoms with van der Waals surface area (Å²) in [6.45, 7) is 1.81. The number of nitrogens with one attached hydrogen (secondary N) is 1. The number of phenolic OH excluding ortho intramolecular Hbond substituents is 1. The van der Waals surface area contributed by atoms with Crippen LogP contribution < -0.4 is 10.1 Å². The molecule has 2 rings (SSSR count). The summed E-state index contributed by atoms with van der Waals surface area (Å²) in [6, 6.07) is 8.81. The zero-order chi connectivity index (χ0) is 14.7. The van der Waals surface area contributed by atoms with Gasteiger partial charge in [-0.25, -0.2) is 4.39 Å². The van der Waals surface area contributed by atoms with E-state index in [1.165, 1.54) is 31.4 Å². The third-order valence-electron chi connectivity index (χ3n) is 2.81. The summed E-state index contributed by atoms with van der Waals surface area (Å²) in [5, 5.41) is 12.2. The zero-order valence-electron chi connectivity index (χ0n) is 11.1. The number of carbonyl (C=O) groups excluding carboxylic acids is 1. The summed E-state index contributed by atoms with van der Waals surface area (Å²) in [7, 11) is 1.36. The van der Waals surface area contributed by atoms with Crippen molar-refractivity contribution in [2.75, 3.05) is 12.4 Å². The van der Waals surface area contributed by atoms with Crippen LogP contribution in [0.4, 0.5) is 10.1 Å². The molecule has 2 aromatic rings. The third kappa shape index (κ3) is 2.88. The molecule has 104 valence electrons. The minimum atomic E-state index is -0.571. The molecule has 0 saturated heterocycles. The van der Waals surface area contributed by atoms with Crippen LogP contribution in [0.1, 0.15) is 15.9 Å². The van der Waals surface area contributed by atoms with Crippen molar-refractivity contribution in [2.24, 2.45) is 0 Å². The van der Waals surface area contributed by atoms with E-state index in [4.69, 9.17) is 4.74 Å². The molecule has 0 aliphatic heterocycles. The molecule has 20 heavy (non-hydrogen) atoms. The molecule has 0 unspecified atom stereocenters. The number of methoxy groups -OCH3 is 1. The summed E-state index contributed by atoms with van der Waals surface area (Å²) in [4.78, 5) is 12.0. The summed E-state index contributed by atoms with van der Waals surface area (Å²) < 4.78 is 18.3. The Labute approximate surface area is 115 Å². The van der Waals surface area contributed by atoms with E-state index >= 15 is 0 Å². The molecule has 0 saturated carbocycles. The molecular formula is C15H14FNO3. The van der Waals surface area contributed by atoms with Gasteiger partial charge in [-0.05, 0) is 36.8 Å². The van der Waals surface area contributed by atoms with Crippen molar-refractivity contribution in [3.8, 4) is 11.5 Å². The second-order valence-corrected chi connectivity index (χ2v) is 4.32. The Morgan fingerprint density at radius 1 is 1.25 bits per heavy atom. The molecule has 2 N–H and O–H groups in total. The van der Waals surface area contributed by atoms with Crippen LogP contribution in [0.5, 0.6) is 11.5 Å². The maximum absolute atomic E-state index is 13.5. The van der Waals surface area contributed by atoms with Gasteiger partial charge >= 0.3 is 0 Å². The number of halogens is 1. The van der Waals surface area contributed by atoms with E-state index in [1.54, 1.807) is 13.0 Å². The van der Waals surface area contributed by atoms with E-state index in [0.717, 1.165) is 11.6 Å². The number of anilines is 1. The van der Waals surface area contributed by atoms with Crippen LogP contribution in [0.15, 0.2) is 36.4 Å². The van der Waals surface area contributed by atoms with Crippen LogP contribution in [0.25, 0.3) is 0 Å². The van der Waals surface area contributed by atoms with Crippen molar-refractivity contribution in [3.63, 3.8) is 0 Å². The predicted molar refractivity (Wildman–Crippen MR) is 73.7 cm³/mol. The summed E-state index contributed by atoms with van der Waals surface area (Å²) in [5.41, 5.74) is 1.26. The third-order valence-corrected chi connectivity index (χ3v) is 2.81. The first-order valence-corrected chi connectivity index (χ1v) is 5.96. The molecule has 4 nitrogen and oxygen atoms in total. The van der Waals surface area contributed by atoms with Gasteiger partial charge in [0.15, 0.2) is 11.6 Å². The molecule has 1 amide bonds. The van der Waals surface area contributed by atoms with Crippen molar-refractivity contribution in [1.82, 2.24) is 0 Å². The largest absolute Gasteiger partial charge is 0.507 e. The summed E-state index contributed by atoms with van der Waals surface area (Å²) >= 11 is 0. The number of hydrogen-bond acceptors (Lipinski definition) is 3. The lowest BCUT2D eigenvalue weighted by Crippen LogP contribution is -2.12. The fourth-order valence-corrected chi connectivity index (χ4v) is 1.78. The number of amides is 1. The molecule has 5 heteroatoms. The maximum Gasteiger partial charge on any atom is 0.259 e. The van der Waals surface area contributed by atoms with E-state index in [1.807, 2.05) is 0 Å². The number of carbonyl (C=O) groups is 1. The van der Waals surface area contributed by atoms with Crippen molar-refractivity contribution >= 4 is 11.6 Å². The second kappa shape index (κ2) is 5.61. The number of aryl methyl sites for hydroxylation is 1. The van der Waals surface area contributed by atoms with E-state index < -0.39 is 11.7 Å². The van der Waals surface area contributed by atoms with Crippen molar-refractivity contribution in [3.05, 3.63) is 53.3 Å². The maximum atomic E-state index is 13.5. The van der Waals surface area contributed by atoms with Gasteiger partial charge in [0.2, 0.25) is 0 Å². The van der Waals surface area contributed by atoms with E-state index in [0.29, 0.717) is 0 Å². The first-order chi connectivity index (χ1) is 9.51. The molecule has 0 aliphatic carbocycles. The van der Waals surface area contributed by atoms with Gasteiger partial charge in [-0.15, -0.1) is 0 Å². The van der Waals surface area contributed by atoms with E-state index in [-0.39, 0.29) is 22.7 Å². The van der Waals surface area contributed by atoms with E-state index in [2.05, 4.69) is 5.32 Å². The first kappa shape index (κ1) is 13.9. The van der Waals surface area contributed by atoms with Crippen LogP contribution >= 0.6 is 0 Å². The average Bonchev–Trinajstić information content (AvgIpc) is 2.38. The lowest BCUT2D eigenvalue weighted by molar-refractivity contribution is 0.102. The molecular weight excluding hydrogens is 261 g/mol. The highest BCUT2D eigenvalue weighted by atomic mass is 19.1. The molecule has 0 radical (unpaired) electrons. The number of hydrogen-bond donors (Lipinski definition) is 2. The van der Waals surface area contributed by atoms with Crippen molar-refractivity contribution in [2.45, 2.75) is 6.92 Å². The Morgan fingerprint density at radius 2 is 2.00 bits per heavy atom. The van der Waals surface area contributed by atoms with Gasteiger partial charge in [0.25, 0.3) is 5.91 Å². The monoisotopic (exact) mass is 275 g/mol. The van der Waals surface area contributed by atoms with Crippen LogP contribution in [0, 0.1) is 12.7 Å². The van der Waals surface area contributed by atoms with Crippen molar-refractivity contribution < 1.29 is 19.0 Å². The SMILES string of the molecule is COc1ccc(NC(=O)c2ccc(C)cc2O)cc1F. The predicted octanol–water partition coefficient (Wildman–Crippen LogP) is 3.10. The Balaban J connectivity index is 2.21. The number of rotatable bonds is 3.